The summed E-state index contributed by atoms with van der Waals surface area (Å²) in [6.45, 7) is 0.660. The number of pyridine rings is 1. The molecule has 5 heterocycles. The van der Waals surface area contributed by atoms with Crippen molar-refractivity contribution in [3.63, 3.8) is 0 Å². The highest BCUT2D eigenvalue weighted by Gasteiger charge is 2.34. The largest absolute Gasteiger partial charge is 0.477 e. The number of anilines is 3. The van der Waals surface area contributed by atoms with Crippen LogP contribution in [0.2, 0.25) is 0 Å². The molecule has 1 amide bonds. The third kappa shape index (κ3) is 3.77. The van der Waals surface area contributed by atoms with Gasteiger partial charge in [-0.05, 0) is 43.9 Å². The van der Waals surface area contributed by atoms with Gasteiger partial charge in [0.05, 0.1) is 11.9 Å². The lowest BCUT2D eigenvalue weighted by atomic mass is 10.1. The van der Waals surface area contributed by atoms with Crippen LogP contribution in [0.25, 0.3) is 11.0 Å². The van der Waals surface area contributed by atoms with Crippen LogP contribution < -0.4 is 15.5 Å². The number of hydrogen-bond donors (Lipinski definition) is 3. The summed E-state index contributed by atoms with van der Waals surface area (Å²) in [6.07, 6.45) is 10.1. The van der Waals surface area contributed by atoms with Gasteiger partial charge in [0.15, 0.2) is 0 Å². The molecule has 0 spiro atoms. The number of fused-ring (bicyclic) bond motifs is 3. The van der Waals surface area contributed by atoms with Crippen molar-refractivity contribution < 1.29 is 14.7 Å². The zero-order valence-corrected chi connectivity index (χ0v) is 18.8. The van der Waals surface area contributed by atoms with Crippen molar-refractivity contribution in [2.45, 2.75) is 63.1 Å². The van der Waals surface area contributed by atoms with Crippen LogP contribution in [0.5, 0.6) is 0 Å². The average Bonchev–Trinajstić information content (AvgIpc) is 3.55. The maximum Gasteiger partial charge on any atom is 0.352 e. The fourth-order valence-electron chi connectivity index (χ4n) is 5.60. The van der Waals surface area contributed by atoms with Gasteiger partial charge in [0.1, 0.15) is 17.2 Å². The van der Waals surface area contributed by atoms with Gasteiger partial charge in [-0.1, -0.05) is 12.8 Å². The SMILES string of the molecule is O=C(O)c1cc2cnc(Nc3ccc(N4C[C@@H]5CC[C@H](CC4=O)N5)cn3)nc2n1C1CCCC1. The van der Waals surface area contributed by atoms with Crippen molar-refractivity contribution in [3.8, 4) is 0 Å². The van der Waals surface area contributed by atoms with E-state index < -0.39 is 5.97 Å². The molecule has 1 aliphatic carbocycles. The van der Waals surface area contributed by atoms with Crippen molar-refractivity contribution in [2.24, 2.45) is 0 Å². The Kier molecular flexibility index (Phi) is 5.17. The van der Waals surface area contributed by atoms with E-state index in [9.17, 15) is 14.7 Å². The number of carbonyl (C=O) groups is 2. The smallest absolute Gasteiger partial charge is 0.352 e. The molecule has 34 heavy (non-hydrogen) atoms. The second-order valence-corrected chi connectivity index (χ2v) is 9.49. The molecule has 0 aromatic carbocycles. The lowest BCUT2D eigenvalue weighted by Gasteiger charge is -2.24. The van der Waals surface area contributed by atoms with Gasteiger partial charge in [-0.25, -0.2) is 14.8 Å². The normalized spacial score (nSPS) is 22.9. The van der Waals surface area contributed by atoms with E-state index in [0.717, 1.165) is 44.2 Å². The molecule has 6 rings (SSSR count). The van der Waals surface area contributed by atoms with Crippen LogP contribution in [0.4, 0.5) is 17.5 Å². The van der Waals surface area contributed by atoms with Crippen LogP contribution in [0.15, 0.2) is 30.6 Å². The lowest BCUT2D eigenvalue weighted by Crippen LogP contribution is -2.37. The van der Waals surface area contributed by atoms with Gasteiger partial charge in [0.25, 0.3) is 0 Å². The van der Waals surface area contributed by atoms with Crippen LogP contribution in [0, 0.1) is 0 Å². The molecular weight excluding hydrogens is 434 g/mol. The summed E-state index contributed by atoms with van der Waals surface area (Å²) in [5.41, 5.74) is 1.65. The van der Waals surface area contributed by atoms with E-state index in [-0.39, 0.29) is 23.7 Å². The zero-order valence-electron chi connectivity index (χ0n) is 18.8. The van der Waals surface area contributed by atoms with Crippen LogP contribution in [-0.2, 0) is 4.79 Å². The number of nitrogens with zero attached hydrogens (tertiary/aromatic N) is 5. The molecule has 2 atom stereocenters. The van der Waals surface area contributed by atoms with Crippen molar-refractivity contribution in [1.82, 2.24) is 24.8 Å². The summed E-state index contributed by atoms with van der Waals surface area (Å²) in [6, 6.07) is 6.10. The first-order valence-electron chi connectivity index (χ1n) is 12.0. The molecule has 2 bridgehead atoms. The van der Waals surface area contributed by atoms with E-state index in [2.05, 4.69) is 25.6 Å². The lowest BCUT2D eigenvalue weighted by molar-refractivity contribution is -0.118. The summed E-state index contributed by atoms with van der Waals surface area (Å²) in [4.78, 5) is 39.8. The first-order chi connectivity index (χ1) is 16.5. The molecule has 2 saturated heterocycles. The monoisotopic (exact) mass is 461 g/mol. The van der Waals surface area contributed by atoms with E-state index in [4.69, 9.17) is 0 Å². The van der Waals surface area contributed by atoms with E-state index in [1.54, 1.807) is 18.5 Å². The Morgan fingerprint density at radius 2 is 1.91 bits per heavy atom. The molecule has 3 aromatic rings. The number of carbonyl (C=O) groups excluding carboxylic acids is 1. The van der Waals surface area contributed by atoms with Crippen molar-refractivity contribution in [2.75, 3.05) is 16.8 Å². The van der Waals surface area contributed by atoms with E-state index in [0.29, 0.717) is 41.8 Å². The number of aromatic nitrogens is 4. The molecule has 0 unspecified atom stereocenters. The average molecular weight is 462 g/mol. The number of carboxylic acids is 1. The quantitative estimate of drug-likeness (QED) is 0.529. The first-order valence-corrected chi connectivity index (χ1v) is 12.0. The molecular formula is C24H27N7O3. The van der Waals surface area contributed by atoms with Crippen LogP contribution in [0.3, 0.4) is 0 Å². The Morgan fingerprint density at radius 1 is 1.09 bits per heavy atom. The fraction of sp³-hybridized carbons (Fsp3) is 0.458. The molecule has 2 aliphatic heterocycles. The minimum absolute atomic E-state index is 0.123. The number of rotatable bonds is 5. The van der Waals surface area contributed by atoms with Crippen molar-refractivity contribution in [3.05, 3.63) is 36.3 Å². The Labute approximate surface area is 196 Å². The molecule has 176 valence electrons. The van der Waals surface area contributed by atoms with E-state index >= 15 is 0 Å². The number of amides is 1. The summed E-state index contributed by atoms with van der Waals surface area (Å²) in [5, 5.41) is 17.1. The number of hydrogen-bond acceptors (Lipinski definition) is 7. The van der Waals surface area contributed by atoms with Gasteiger partial charge in [-0.2, -0.15) is 4.98 Å². The van der Waals surface area contributed by atoms with Gasteiger partial charge in [0, 0.05) is 42.7 Å². The highest BCUT2D eigenvalue weighted by Crippen LogP contribution is 2.34. The fourth-order valence-corrected chi connectivity index (χ4v) is 5.60. The molecule has 3 fully saturated rings. The topological polar surface area (TPSA) is 125 Å². The Hall–Kier alpha value is -3.53. The van der Waals surface area contributed by atoms with E-state index in [1.165, 1.54) is 0 Å². The number of carboxylic acid groups (broad SMARTS) is 1. The summed E-state index contributed by atoms with van der Waals surface area (Å²) < 4.78 is 1.85. The summed E-state index contributed by atoms with van der Waals surface area (Å²) in [5.74, 6) is 0.0814. The highest BCUT2D eigenvalue weighted by molar-refractivity contribution is 5.94. The summed E-state index contributed by atoms with van der Waals surface area (Å²) >= 11 is 0. The minimum atomic E-state index is -0.955. The van der Waals surface area contributed by atoms with Crippen LogP contribution in [0.1, 0.15) is 61.5 Å². The van der Waals surface area contributed by atoms with Crippen molar-refractivity contribution >= 4 is 40.4 Å². The van der Waals surface area contributed by atoms with E-state index in [1.807, 2.05) is 21.6 Å². The third-order valence-electron chi connectivity index (χ3n) is 7.24. The van der Waals surface area contributed by atoms with Gasteiger partial charge in [0.2, 0.25) is 11.9 Å². The highest BCUT2D eigenvalue weighted by atomic mass is 16.4. The molecule has 10 heteroatoms. The first kappa shape index (κ1) is 21.0. The maximum absolute atomic E-state index is 12.7. The number of nitrogens with one attached hydrogen (secondary N) is 2. The Bertz CT molecular complexity index is 1250. The van der Waals surface area contributed by atoms with Crippen LogP contribution in [-0.4, -0.2) is 55.1 Å². The molecule has 0 radical (unpaired) electrons. The Morgan fingerprint density at radius 3 is 2.68 bits per heavy atom. The zero-order chi connectivity index (χ0) is 23.2. The van der Waals surface area contributed by atoms with Gasteiger partial charge >= 0.3 is 5.97 Å². The predicted molar refractivity (Wildman–Crippen MR) is 126 cm³/mol. The third-order valence-corrected chi connectivity index (χ3v) is 7.24. The minimum Gasteiger partial charge on any atom is -0.477 e. The standard InChI is InChI=1S/C24H27N7O3/c32-21-10-15-5-6-16(27-15)13-30(21)18-7-8-20(25-12-18)28-24-26-11-14-9-19(23(33)34)31(22(14)29-24)17-3-1-2-4-17/h7-9,11-12,15-17,27H,1-6,10,13H2,(H,33,34)(H,25,26,28,29)/t15-,16+/m1/s1. The predicted octanol–water partition coefficient (Wildman–Crippen LogP) is 3.24. The van der Waals surface area contributed by atoms with Gasteiger partial charge < -0.3 is 25.2 Å². The summed E-state index contributed by atoms with van der Waals surface area (Å²) in [7, 11) is 0. The second kappa shape index (κ2) is 8.35. The molecule has 3 N–H and O–H groups in total. The maximum atomic E-state index is 12.7. The second-order valence-electron chi connectivity index (χ2n) is 9.49. The number of aromatic carboxylic acids is 1. The molecule has 1 saturated carbocycles. The molecule has 3 aromatic heterocycles. The van der Waals surface area contributed by atoms with Crippen LogP contribution >= 0.6 is 0 Å². The van der Waals surface area contributed by atoms with Gasteiger partial charge in [-0.15, -0.1) is 0 Å². The van der Waals surface area contributed by atoms with Crippen molar-refractivity contribution in [1.29, 1.82) is 0 Å². The molecule has 10 nitrogen and oxygen atoms in total. The molecule has 3 aliphatic rings. The van der Waals surface area contributed by atoms with Gasteiger partial charge in [-0.3, -0.25) is 4.79 Å². The Balaban J connectivity index is 1.25.